The molecular weight excluding hydrogens is 506 g/mol. The summed E-state index contributed by atoms with van der Waals surface area (Å²) in [5.41, 5.74) is 0.0661. The first-order chi connectivity index (χ1) is 16.9. The maximum absolute atomic E-state index is 13.8. The zero-order valence-corrected chi connectivity index (χ0v) is 22.2. The number of likely N-dealkylation sites (tertiary alicyclic amines) is 1. The lowest BCUT2D eigenvalue weighted by atomic mass is 9.63. The van der Waals surface area contributed by atoms with Gasteiger partial charge in [-0.15, -0.1) is 0 Å². The topological polar surface area (TPSA) is 75.7 Å². The summed E-state index contributed by atoms with van der Waals surface area (Å²) >= 11 is 12.2. The molecule has 1 fully saturated rings. The van der Waals surface area contributed by atoms with Gasteiger partial charge in [-0.1, -0.05) is 35.3 Å². The number of rotatable bonds is 7. The average molecular weight is 537 g/mol. The third-order valence-corrected chi connectivity index (χ3v) is 6.87. The summed E-state index contributed by atoms with van der Waals surface area (Å²) in [4.78, 5) is 39.5. The number of aldehydes is 1. The van der Waals surface area contributed by atoms with Crippen LogP contribution in [0.1, 0.15) is 51.2 Å². The van der Waals surface area contributed by atoms with E-state index in [2.05, 4.69) is 5.32 Å². The summed E-state index contributed by atoms with van der Waals surface area (Å²) in [6.07, 6.45) is 1.10. The van der Waals surface area contributed by atoms with Gasteiger partial charge in [0.05, 0.1) is 5.92 Å². The highest BCUT2D eigenvalue weighted by Crippen LogP contribution is 2.44. The molecule has 2 aromatic rings. The van der Waals surface area contributed by atoms with E-state index < -0.39 is 28.8 Å². The molecule has 3 rings (SSSR count). The van der Waals surface area contributed by atoms with Crippen molar-refractivity contribution in [2.45, 2.75) is 57.6 Å². The maximum Gasteiger partial charge on any atom is 0.410 e. The van der Waals surface area contributed by atoms with Crippen molar-refractivity contribution in [2.75, 3.05) is 13.1 Å². The second kappa shape index (κ2) is 11.6. The Morgan fingerprint density at radius 3 is 2.22 bits per heavy atom. The summed E-state index contributed by atoms with van der Waals surface area (Å²) < 4.78 is 19.3. The molecule has 194 valence electrons. The lowest BCUT2D eigenvalue weighted by molar-refractivity contribution is -0.130. The van der Waals surface area contributed by atoms with Gasteiger partial charge >= 0.3 is 6.09 Å². The van der Waals surface area contributed by atoms with Gasteiger partial charge in [0.1, 0.15) is 17.7 Å². The molecule has 0 aliphatic carbocycles. The van der Waals surface area contributed by atoms with Crippen molar-refractivity contribution < 1.29 is 23.5 Å². The van der Waals surface area contributed by atoms with Gasteiger partial charge in [0, 0.05) is 41.5 Å². The standard InChI is InChI=1S/C27H31Cl2FN2O4/c1-26(2,3)36-25(35)32-11-9-27(10-12-32,19-4-6-22(30)7-5-19)23(8-13-33)24(34)31-17-18-14-20(28)16-21(29)15-18/h4-7,13-16,23H,8-12,17H2,1-3H3,(H,31,34). The Bertz CT molecular complexity index is 1070. The average Bonchev–Trinajstić information content (AvgIpc) is 2.80. The molecule has 36 heavy (non-hydrogen) atoms. The van der Waals surface area contributed by atoms with Crippen LogP contribution in [0.25, 0.3) is 0 Å². The third kappa shape index (κ3) is 6.98. The highest BCUT2D eigenvalue weighted by atomic mass is 35.5. The molecule has 1 N–H and O–H groups in total. The van der Waals surface area contributed by atoms with E-state index in [0.717, 1.165) is 17.4 Å². The number of piperidine rings is 1. The van der Waals surface area contributed by atoms with E-state index in [1.807, 2.05) is 0 Å². The van der Waals surface area contributed by atoms with E-state index in [9.17, 15) is 18.8 Å². The number of carbonyl (C=O) groups excluding carboxylic acids is 3. The first-order valence-corrected chi connectivity index (χ1v) is 12.6. The lowest BCUT2D eigenvalue weighted by Gasteiger charge is -2.46. The van der Waals surface area contributed by atoms with Crippen LogP contribution in [0.4, 0.5) is 9.18 Å². The highest BCUT2D eigenvalue weighted by molar-refractivity contribution is 6.34. The zero-order chi connectivity index (χ0) is 26.5. The number of nitrogens with zero attached hydrogens (tertiary/aromatic N) is 1. The molecule has 0 spiro atoms. The largest absolute Gasteiger partial charge is 0.444 e. The van der Waals surface area contributed by atoms with Crippen molar-refractivity contribution in [3.8, 4) is 0 Å². The van der Waals surface area contributed by atoms with Crippen LogP contribution in [0, 0.1) is 11.7 Å². The van der Waals surface area contributed by atoms with Gasteiger partial charge in [0.25, 0.3) is 0 Å². The molecule has 0 bridgehead atoms. The summed E-state index contributed by atoms with van der Waals surface area (Å²) in [5.74, 6) is -1.43. The Kier molecular flexibility index (Phi) is 9.01. The van der Waals surface area contributed by atoms with E-state index in [1.165, 1.54) is 12.1 Å². The van der Waals surface area contributed by atoms with Gasteiger partial charge in [-0.25, -0.2) is 9.18 Å². The van der Waals surface area contributed by atoms with Crippen LogP contribution < -0.4 is 5.32 Å². The number of amides is 2. The van der Waals surface area contributed by atoms with Crippen molar-refractivity contribution in [2.24, 2.45) is 5.92 Å². The van der Waals surface area contributed by atoms with Gasteiger partial charge in [0.2, 0.25) is 5.91 Å². The number of nitrogens with one attached hydrogen (secondary N) is 1. The molecule has 0 aromatic heterocycles. The number of carbonyl (C=O) groups is 3. The van der Waals surface area contributed by atoms with Gasteiger partial charge in [-0.05, 0) is 75.1 Å². The molecule has 2 aromatic carbocycles. The first-order valence-electron chi connectivity index (χ1n) is 11.8. The quantitative estimate of drug-likeness (QED) is 0.445. The Labute approximate surface area is 221 Å². The molecule has 0 radical (unpaired) electrons. The number of ether oxygens (including phenoxy) is 1. The Hall–Kier alpha value is -2.64. The van der Waals surface area contributed by atoms with Gasteiger partial charge in [-0.3, -0.25) is 4.79 Å². The molecule has 1 aliphatic heterocycles. The van der Waals surface area contributed by atoms with Crippen LogP contribution >= 0.6 is 23.2 Å². The fourth-order valence-corrected chi connectivity index (χ4v) is 5.31. The van der Waals surface area contributed by atoms with Crippen LogP contribution in [-0.2, 0) is 26.3 Å². The van der Waals surface area contributed by atoms with Crippen molar-refractivity contribution >= 4 is 41.5 Å². The fraction of sp³-hybridized carbons (Fsp3) is 0.444. The van der Waals surface area contributed by atoms with Crippen LogP contribution in [0.3, 0.4) is 0 Å². The molecule has 6 nitrogen and oxygen atoms in total. The minimum atomic E-state index is -0.775. The summed E-state index contributed by atoms with van der Waals surface area (Å²) in [7, 11) is 0. The second-order valence-corrected chi connectivity index (χ2v) is 11.0. The smallest absolute Gasteiger partial charge is 0.410 e. The SMILES string of the molecule is CC(C)(C)OC(=O)N1CCC(c2ccc(F)cc2)(C(CC=O)C(=O)NCc2cc(Cl)cc(Cl)c2)CC1. The summed E-state index contributed by atoms with van der Waals surface area (Å²) in [5, 5.41) is 3.82. The fourth-order valence-electron chi connectivity index (χ4n) is 4.74. The van der Waals surface area contributed by atoms with Crippen LogP contribution in [0.2, 0.25) is 10.0 Å². The minimum absolute atomic E-state index is 0.0219. The Morgan fingerprint density at radius 2 is 1.69 bits per heavy atom. The van der Waals surface area contributed by atoms with Crippen LogP contribution in [0.15, 0.2) is 42.5 Å². The molecule has 1 saturated heterocycles. The molecule has 2 amide bonds. The van der Waals surface area contributed by atoms with E-state index in [0.29, 0.717) is 36.0 Å². The molecule has 1 heterocycles. The van der Waals surface area contributed by atoms with Gasteiger partial charge in [-0.2, -0.15) is 0 Å². The van der Waals surface area contributed by atoms with E-state index >= 15 is 0 Å². The monoisotopic (exact) mass is 536 g/mol. The van der Waals surface area contributed by atoms with Crippen molar-refractivity contribution in [1.82, 2.24) is 10.2 Å². The normalized spacial score (nSPS) is 16.2. The number of hydrogen-bond acceptors (Lipinski definition) is 4. The molecule has 1 aliphatic rings. The van der Waals surface area contributed by atoms with E-state index in [4.69, 9.17) is 27.9 Å². The lowest BCUT2D eigenvalue weighted by Crippen LogP contribution is -2.53. The van der Waals surface area contributed by atoms with E-state index in [1.54, 1.807) is 56.0 Å². The van der Waals surface area contributed by atoms with Crippen molar-refractivity contribution in [3.05, 3.63) is 69.5 Å². The van der Waals surface area contributed by atoms with Crippen LogP contribution in [-0.4, -0.2) is 41.9 Å². The third-order valence-electron chi connectivity index (χ3n) is 6.43. The van der Waals surface area contributed by atoms with Crippen LogP contribution in [0.5, 0.6) is 0 Å². The van der Waals surface area contributed by atoms with Crippen molar-refractivity contribution in [1.29, 1.82) is 0 Å². The molecular formula is C27H31Cl2FN2O4. The summed E-state index contributed by atoms with van der Waals surface area (Å²) in [6.45, 7) is 6.25. The molecule has 1 unspecified atom stereocenters. The van der Waals surface area contributed by atoms with E-state index in [-0.39, 0.29) is 18.9 Å². The number of hydrogen-bond donors (Lipinski definition) is 1. The predicted molar refractivity (Wildman–Crippen MR) is 138 cm³/mol. The van der Waals surface area contributed by atoms with Gasteiger partial charge in [0.15, 0.2) is 0 Å². The first kappa shape index (κ1) is 27.9. The molecule has 0 saturated carbocycles. The zero-order valence-electron chi connectivity index (χ0n) is 20.7. The number of benzene rings is 2. The van der Waals surface area contributed by atoms with Crippen molar-refractivity contribution in [3.63, 3.8) is 0 Å². The molecule has 1 atom stereocenters. The highest BCUT2D eigenvalue weighted by Gasteiger charge is 2.47. The number of halogens is 3. The second-order valence-electron chi connectivity index (χ2n) is 10.1. The minimum Gasteiger partial charge on any atom is -0.444 e. The van der Waals surface area contributed by atoms with Gasteiger partial charge < -0.3 is 19.7 Å². The Morgan fingerprint density at radius 1 is 1.11 bits per heavy atom. The summed E-state index contributed by atoms with van der Waals surface area (Å²) in [6, 6.07) is 11.0. The Balaban J connectivity index is 1.87. The predicted octanol–water partition coefficient (Wildman–Crippen LogP) is 5.92. The molecule has 9 heteroatoms. The maximum atomic E-state index is 13.8.